The Bertz CT molecular complexity index is 464. The van der Waals surface area contributed by atoms with Crippen LogP contribution >= 0.6 is 22.6 Å². The van der Waals surface area contributed by atoms with E-state index in [1.807, 2.05) is 24.3 Å². The van der Waals surface area contributed by atoms with E-state index < -0.39 is 18.0 Å². The summed E-state index contributed by atoms with van der Waals surface area (Å²) in [5.74, 6) is 0. The number of rotatable bonds is 9. The summed E-state index contributed by atoms with van der Waals surface area (Å²) < 4.78 is 22.3. The second-order valence-electron chi connectivity index (χ2n) is 4.91. The number of ether oxygens (including phenoxy) is 4. The number of nitriles is 1. The molecule has 0 heterocycles. The topological polar surface area (TPSA) is 60.7 Å². The average molecular weight is 419 g/mol. The van der Waals surface area contributed by atoms with Crippen molar-refractivity contribution in [2.45, 2.75) is 30.8 Å². The molecule has 0 saturated heterocycles. The third-order valence-electron chi connectivity index (χ3n) is 3.69. The Kier molecular flexibility index (Phi) is 8.28. The minimum Gasteiger partial charge on any atom is -0.356 e. The van der Waals surface area contributed by atoms with Crippen molar-refractivity contribution in [3.8, 4) is 6.07 Å². The summed E-state index contributed by atoms with van der Waals surface area (Å²) in [7, 11) is 6.26. The van der Waals surface area contributed by atoms with Gasteiger partial charge in [-0.25, -0.2) is 0 Å². The van der Waals surface area contributed by atoms with E-state index in [2.05, 4.69) is 28.7 Å². The van der Waals surface area contributed by atoms with Crippen LogP contribution in [-0.2, 0) is 24.4 Å². The summed E-state index contributed by atoms with van der Waals surface area (Å²) in [6.07, 6.45) is -0.178. The number of hydrogen-bond donors (Lipinski definition) is 0. The van der Waals surface area contributed by atoms with Gasteiger partial charge in [0, 0.05) is 44.9 Å². The molecule has 5 nitrogen and oxygen atoms in total. The predicted octanol–water partition coefficient (Wildman–Crippen LogP) is 3.07. The Morgan fingerprint density at radius 1 is 0.955 bits per heavy atom. The van der Waals surface area contributed by atoms with Gasteiger partial charge < -0.3 is 18.9 Å². The van der Waals surface area contributed by atoms with Crippen LogP contribution in [0.15, 0.2) is 24.3 Å². The second-order valence-corrected chi connectivity index (χ2v) is 6.16. The highest BCUT2D eigenvalue weighted by atomic mass is 127. The summed E-state index contributed by atoms with van der Waals surface area (Å²) in [5.41, 5.74) is 0.0752. The number of halogens is 1. The molecule has 0 N–H and O–H groups in total. The van der Waals surface area contributed by atoms with Gasteiger partial charge in [-0.3, -0.25) is 0 Å². The molecule has 0 radical (unpaired) electrons. The van der Waals surface area contributed by atoms with Crippen LogP contribution in [0.2, 0.25) is 0 Å². The summed E-state index contributed by atoms with van der Waals surface area (Å²) in [6, 6.07) is 10.3. The van der Waals surface area contributed by atoms with Crippen molar-refractivity contribution >= 4 is 22.6 Å². The van der Waals surface area contributed by atoms with Crippen LogP contribution in [0.5, 0.6) is 0 Å². The van der Waals surface area contributed by atoms with Gasteiger partial charge in [0.1, 0.15) is 0 Å². The molecule has 0 aliphatic heterocycles. The average Bonchev–Trinajstić information content (AvgIpc) is 2.56. The molecular weight excluding hydrogens is 397 g/mol. The zero-order valence-electron chi connectivity index (χ0n) is 13.3. The van der Waals surface area contributed by atoms with Gasteiger partial charge in [0.25, 0.3) is 0 Å². The molecule has 0 atom stereocenters. The molecule has 0 aromatic heterocycles. The third kappa shape index (κ3) is 4.89. The molecule has 1 rings (SSSR count). The zero-order valence-corrected chi connectivity index (χ0v) is 15.5. The lowest BCUT2D eigenvalue weighted by atomic mass is 9.75. The summed E-state index contributed by atoms with van der Waals surface area (Å²) in [4.78, 5) is 0. The lowest BCUT2D eigenvalue weighted by molar-refractivity contribution is -0.136. The molecular formula is C16H22INO4. The number of hydrogen-bond acceptors (Lipinski definition) is 5. The highest BCUT2D eigenvalue weighted by Gasteiger charge is 2.38. The smallest absolute Gasteiger partial charge is 0.158 e. The van der Waals surface area contributed by atoms with Crippen LogP contribution < -0.4 is 0 Å². The first-order chi connectivity index (χ1) is 10.5. The molecule has 1 aromatic carbocycles. The van der Waals surface area contributed by atoms with Crippen LogP contribution in [0.1, 0.15) is 18.4 Å². The molecule has 0 fully saturated rings. The second kappa shape index (κ2) is 9.43. The van der Waals surface area contributed by atoms with Gasteiger partial charge in [0.15, 0.2) is 12.6 Å². The Balaban J connectivity index is 3.21. The fraction of sp³-hybridized carbons (Fsp3) is 0.562. The van der Waals surface area contributed by atoms with Crippen molar-refractivity contribution in [1.29, 1.82) is 5.26 Å². The SMILES string of the molecule is COC(CC(C#N)(CC(OC)OC)c1ccc(I)cc1)OC. The largest absolute Gasteiger partial charge is 0.356 e. The molecule has 0 unspecified atom stereocenters. The maximum atomic E-state index is 9.91. The summed E-state index contributed by atoms with van der Waals surface area (Å²) in [6.45, 7) is 0. The van der Waals surface area contributed by atoms with Crippen LogP contribution in [0, 0.1) is 14.9 Å². The van der Waals surface area contributed by atoms with Crippen molar-refractivity contribution < 1.29 is 18.9 Å². The monoisotopic (exact) mass is 419 g/mol. The van der Waals surface area contributed by atoms with E-state index in [1.54, 1.807) is 28.4 Å². The predicted molar refractivity (Wildman–Crippen MR) is 91.3 cm³/mol. The van der Waals surface area contributed by atoms with Crippen molar-refractivity contribution in [3.05, 3.63) is 33.4 Å². The molecule has 122 valence electrons. The first kappa shape index (κ1) is 19.3. The van der Waals surface area contributed by atoms with Gasteiger partial charge in [-0.15, -0.1) is 0 Å². The van der Waals surface area contributed by atoms with Gasteiger partial charge in [0.05, 0.1) is 11.5 Å². The maximum Gasteiger partial charge on any atom is 0.158 e. The Morgan fingerprint density at radius 3 is 1.68 bits per heavy atom. The molecule has 6 heteroatoms. The fourth-order valence-electron chi connectivity index (χ4n) is 2.34. The Morgan fingerprint density at radius 2 is 1.36 bits per heavy atom. The molecule has 0 bridgehead atoms. The van der Waals surface area contributed by atoms with Crippen molar-refractivity contribution in [3.63, 3.8) is 0 Å². The first-order valence-electron chi connectivity index (χ1n) is 6.83. The minimum absolute atomic E-state index is 0.389. The van der Waals surface area contributed by atoms with E-state index in [1.165, 1.54) is 0 Å². The van der Waals surface area contributed by atoms with Gasteiger partial charge in [-0.1, -0.05) is 12.1 Å². The number of benzene rings is 1. The van der Waals surface area contributed by atoms with Crippen LogP contribution in [-0.4, -0.2) is 41.0 Å². The number of methoxy groups -OCH3 is 4. The Labute approximate surface area is 145 Å². The summed E-state index contributed by atoms with van der Waals surface area (Å²) >= 11 is 2.24. The van der Waals surface area contributed by atoms with E-state index in [9.17, 15) is 5.26 Å². The zero-order chi connectivity index (χ0) is 16.6. The highest BCUT2D eigenvalue weighted by Crippen LogP contribution is 2.35. The molecule has 0 aliphatic rings. The van der Waals surface area contributed by atoms with E-state index in [0.29, 0.717) is 12.8 Å². The van der Waals surface area contributed by atoms with E-state index in [-0.39, 0.29) is 0 Å². The highest BCUT2D eigenvalue weighted by molar-refractivity contribution is 14.1. The first-order valence-corrected chi connectivity index (χ1v) is 7.91. The van der Waals surface area contributed by atoms with Crippen molar-refractivity contribution in [2.24, 2.45) is 0 Å². The lowest BCUT2D eigenvalue weighted by Crippen LogP contribution is -2.36. The van der Waals surface area contributed by atoms with Crippen LogP contribution in [0.4, 0.5) is 0 Å². The molecule has 0 saturated carbocycles. The lowest BCUT2D eigenvalue weighted by Gasteiger charge is -2.32. The van der Waals surface area contributed by atoms with Gasteiger partial charge in [0.2, 0.25) is 0 Å². The van der Waals surface area contributed by atoms with Crippen LogP contribution in [0.3, 0.4) is 0 Å². The molecule has 1 aromatic rings. The molecule has 0 amide bonds. The van der Waals surface area contributed by atoms with E-state index >= 15 is 0 Å². The van der Waals surface area contributed by atoms with Crippen molar-refractivity contribution in [1.82, 2.24) is 0 Å². The van der Waals surface area contributed by atoms with E-state index in [4.69, 9.17) is 18.9 Å². The van der Waals surface area contributed by atoms with Gasteiger partial charge in [-0.2, -0.15) is 5.26 Å². The third-order valence-corrected chi connectivity index (χ3v) is 4.41. The number of nitrogens with zero attached hydrogens (tertiary/aromatic N) is 1. The van der Waals surface area contributed by atoms with Gasteiger partial charge >= 0.3 is 0 Å². The minimum atomic E-state index is -0.822. The summed E-state index contributed by atoms with van der Waals surface area (Å²) in [5, 5.41) is 9.91. The quantitative estimate of drug-likeness (QED) is 0.455. The van der Waals surface area contributed by atoms with E-state index in [0.717, 1.165) is 9.13 Å². The molecule has 0 spiro atoms. The van der Waals surface area contributed by atoms with Crippen LogP contribution in [0.25, 0.3) is 0 Å². The molecule has 22 heavy (non-hydrogen) atoms. The maximum absolute atomic E-state index is 9.91. The normalized spacial score (nSPS) is 11.9. The van der Waals surface area contributed by atoms with Crippen molar-refractivity contribution in [2.75, 3.05) is 28.4 Å². The fourth-order valence-corrected chi connectivity index (χ4v) is 2.70. The standard InChI is InChI=1S/C16H22INO4/c1-19-14(20-2)9-16(11-18,10-15(21-3)22-4)12-5-7-13(17)8-6-12/h5-8,14-15H,9-10H2,1-4H3. The van der Waals surface area contributed by atoms with Gasteiger partial charge in [-0.05, 0) is 40.3 Å². The Hall–Kier alpha value is -0.720. The molecule has 0 aliphatic carbocycles.